The minimum Gasteiger partial charge on any atom is -0.462 e. The summed E-state index contributed by atoms with van der Waals surface area (Å²) in [4.78, 5) is 72.8. The van der Waals surface area contributed by atoms with Crippen molar-refractivity contribution >= 4 is 39.5 Å². The Morgan fingerprint density at radius 3 is 0.792 bits per heavy atom. The van der Waals surface area contributed by atoms with E-state index in [0.717, 1.165) is 108 Å². The van der Waals surface area contributed by atoms with E-state index in [4.69, 9.17) is 37.0 Å². The largest absolute Gasteiger partial charge is 0.472 e. The van der Waals surface area contributed by atoms with E-state index < -0.39 is 97.5 Å². The Labute approximate surface area is 588 Å². The zero-order valence-corrected chi connectivity index (χ0v) is 64.6. The highest BCUT2D eigenvalue weighted by Crippen LogP contribution is 2.45. The van der Waals surface area contributed by atoms with E-state index in [0.29, 0.717) is 31.6 Å². The Balaban J connectivity index is 5.18. The fourth-order valence-corrected chi connectivity index (χ4v) is 13.3. The Kier molecular flexibility index (Phi) is 66.2. The molecule has 0 spiro atoms. The Morgan fingerprint density at radius 2 is 0.531 bits per heavy atom. The fraction of sp³-hybridized carbons (Fsp3) is 0.948. The van der Waals surface area contributed by atoms with Crippen LogP contribution in [0.2, 0.25) is 0 Å². The molecule has 0 aliphatic carbocycles. The summed E-state index contributed by atoms with van der Waals surface area (Å²) < 4.78 is 68.5. The van der Waals surface area contributed by atoms with Gasteiger partial charge in [0.2, 0.25) is 0 Å². The van der Waals surface area contributed by atoms with Gasteiger partial charge in [-0.2, -0.15) is 0 Å². The van der Waals surface area contributed by atoms with Crippen molar-refractivity contribution in [2.45, 2.75) is 414 Å². The molecule has 17 nitrogen and oxygen atoms in total. The fourth-order valence-electron chi connectivity index (χ4n) is 11.7. The number of rotatable bonds is 75. The van der Waals surface area contributed by atoms with Gasteiger partial charge in [-0.15, -0.1) is 0 Å². The number of phosphoric ester groups is 2. The molecule has 3 unspecified atom stereocenters. The lowest BCUT2D eigenvalue weighted by Crippen LogP contribution is -2.30. The lowest BCUT2D eigenvalue weighted by molar-refractivity contribution is -0.161. The molecule has 0 aromatic carbocycles. The van der Waals surface area contributed by atoms with Gasteiger partial charge in [0.15, 0.2) is 12.2 Å². The molecule has 0 aliphatic rings. The molecule has 0 aromatic heterocycles. The zero-order chi connectivity index (χ0) is 70.9. The normalized spacial score (nSPS) is 14.3. The molecule has 96 heavy (non-hydrogen) atoms. The number of phosphoric acid groups is 2. The third kappa shape index (κ3) is 69.2. The molecule has 0 amide bonds. The molecule has 0 bridgehead atoms. The van der Waals surface area contributed by atoms with Gasteiger partial charge in [0.1, 0.15) is 19.3 Å². The number of carbonyl (C=O) groups excluding carboxylic acids is 4. The predicted molar refractivity (Wildman–Crippen MR) is 391 cm³/mol. The van der Waals surface area contributed by atoms with Gasteiger partial charge >= 0.3 is 39.5 Å². The molecule has 0 heterocycles. The van der Waals surface area contributed by atoms with Gasteiger partial charge in [0.25, 0.3) is 0 Å². The maximum atomic E-state index is 13.1. The third-order valence-corrected chi connectivity index (χ3v) is 20.1. The molecule has 6 atom stereocenters. The van der Waals surface area contributed by atoms with Gasteiger partial charge in [-0.1, -0.05) is 344 Å². The molecule has 0 aliphatic heterocycles. The molecular formula is C77H150O17P2. The van der Waals surface area contributed by atoms with Crippen LogP contribution in [-0.2, 0) is 65.4 Å². The number of ether oxygens (including phenoxy) is 4. The number of esters is 4. The first-order valence-electron chi connectivity index (χ1n) is 39.9. The second-order valence-corrected chi connectivity index (χ2v) is 31.8. The maximum absolute atomic E-state index is 13.1. The van der Waals surface area contributed by atoms with Gasteiger partial charge in [0.05, 0.1) is 26.4 Å². The molecule has 0 aromatic rings. The molecule has 0 fully saturated rings. The van der Waals surface area contributed by atoms with Crippen molar-refractivity contribution in [1.29, 1.82) is 0 Å². The molecule has 3 N–H and O–H groups in total. The van der Waals surface area contributed by atoms with Crippen molar-refractivity contribution in [3.05, 3.63) is 0 Å². The van der Waals surface area contributed by atoms with E-state index in [1.165, 1.54) is 199 Å². The van der Waals surface area contributed by atoms with E-state index in [-0.39, 0.29) is 25.7 Å². The lowest BCUT2D eigenvalue weighted by Gasteiger charge is -2.21. The number of hydrogen-bond donors (Lipinski definition) is 3. The first-order chi connectivity index (χ1) is 46.3. The summed E-state index contributed by atoms with van der Waals surface area (Å²) in [5.74, 6) is 0.0963. The van der Waals surface area contributed by atoms with Gasteiger partial charge < -0.3 is 33.8 Å². The molecule has 19 heteroatoms. The highest BCUT2D eigenvalue weighted by Gasteiger charge is 2.30. The number of aliphatic hydroxyl groups is 1. The van der Waals surface area contributed by atoms with Crippen LogP contribution in [0.15, 0.2) is 0 Å². The summed E-state index contributed by atoms with van der Waals surface area (Å²) in [5.41, 5.74) is 0. The van der Waals surface area contributed by atoms with Crippen LogP contribution in [0, 0.1) is 17.8 Å². The second-order valence-electron chi connectivity index (χ2n) is 28.9. The Hall–Kier alpha value is -1.94. The zero-order valence-electron chi connectivity index (χ0n) is 62.8. The van der Waals surface area contributed by atoms with Crippen molar-refractivity contribution in [2.75, 3.05) is 39.6 Å². The molecule has 0 radical (unpaired) electrons. The van der Waals surface area contributed by atoms with Crippen LogP contribution >= 0.6 is 15.6 Å². The minimum absolute atomic E-state index is 0.104. The van der Waals surface area contributed by atoms with E-state index in [2.05, 4.69) is 48.5 Å². The van der Waals surface area contributed by atoms with Gasteiger partial charge in [-0.25, -0.2) is 9.13 Å². The van der Waals surface area contributed by atoms with Crippen molar-refractivity contribution < 1.29 is 80.2 Å². The van der Waals surface area contributed by atoms with Gasteiger partial charge in [-0.3, -0.25) is 37.3 Å². The van der Waals surface area contributed by atoms with Crippen LogP contribution in [0.3, 0.4) is 0 Å². The molecule has 0 rings (SSSR count). The van der Waals surface area contributed by atoms with E-state index in [1.807, 2.05) is 0 Å². The van der Waals surface area contributed by atoms with Crippen LogP contribution < -0.4 is 0 Å². The Morgan fingerprint density at radius 1 is 0.302 bits per heavy atom. The first-order valence-corrected chi connectivity index (χ1v) is 42.9. The monoisotopic (exact) mass is 1410 g/mol. The third-order valence-electron chi connectivity index (χ3n) is 18.2. The van der Waals surface area contributed by atoms with Crippen LogP contribution in [0.25, 0.3) is 0 Å². The Bertz CT molecular complexity index is 1870. The van der Waals surface area contributed by atoms with Crippen LogP contribution in [0.5, 0.6) is 0 Å². The van der Waals surface area contributed by atoms with Gasteiger partial charge in [0, 0.05) is 25.7 Å². The average molecular weight is 1410 g/mol. The smallest absolute Gasteiger partial charge is 0.462 e. The molecule has 0 saturated carbocycles. The maximum Gasteiger partial charge on any atom is 0.472 e. The lowest BCUT2D eigenvalue weighted by atomic mass is 9.99. The average Bonchev–Trinajstić information content (AvgIpc) is 1.44. The van der Waals surface area contributed by atoms with Crippen molar-refractivity contribution in [3.8, 4) is 0 Å². The number of hydrogen-bond acceptors (Lipinski definition) is 15. The van der Waals surface area contributed by atoms with Crippen LogP contribution in [0.4, 0.5) is 0 Å². The number of unbranched alkanes of at least 4 members (excludes halogenated alkanes) is 42. The van der Waals surface area contributed by atoms with Crippen LogP contribution in [0.1, 0.15) is 395 Å². The molecular weight excluding hydrogens is 1260 g/mol. The quantitative estimate of drug-likeness (QED) is 0.0222. The number of aliphatic hydroxyl groups excluding tert-OH is 1. The van der Waals surface area contributed by atoms with Crippen molar-refractivity contribution in [2.24, 2.45) is 17.8 Å². The highest BCUT2D eigenvalue weighted by molar-refractivity contribution is 7.47. The van der Waals surface area contributed by atoms with E-state index in [9.17, 15) is 43.2 Å². The van der Waals surface area contributed by atoms with Crippen molar-refractivity contribution in [1.82, 2.24) is 0 Å². The SMILES string of the molecule is CCCCCCCCCCCCCCCCCCCCCCCCC(=O)O[C@H](COC(=O)CCCCCCCCCCCC(C)C)COP(=O)(O)OC[C@@H](O)COP(=O)(O)OC[C@@H](COC(=O)CCCCCCCCCC(C)C)OC(=O)CCCCCCCCCCC(C)CC. The summed E-state index contributed by atoms with van der Waals surface area (Å²) in [6.07, 6.45) is 54.4. The highest BCUT2D eigenvalue weighted by atomic mass is 31.2. The second kappa shape index (κ2) is 67.5. The number of carbonyl (C=O) groups is 4. The van der Waals surface area contributed by atoms with Gasteiger partial charge in [-0.05, 0) is 43.4 Å². The first kappa shape index (κ1) is 94.1. The summed E-state index contributed by atoms with van der Waals surface area (Å²) in [6, 6.07) is 0. The summed E-state index contributed by atoms with van der Waals surface area (Å²) in [6.45, 7) is 11.8. The summed E-state index contributed by atoms with van der Waals surface area (Å²) in [7, 11) is -9.91. The summed E-state index contributed by atoms with van der Waals surface area (Å²) >= 11 is 0. The van der Waals surface area contributed by atoms with Crippen molar-refractivity contribution in [3.63, 3.8) is 0 Å². The predicted octanol–water partition coefficient (Wildman–Crippen LogP) is 22.6. The minimum atomic E-state index is -4.96. The van der Waals surface area contributed by atoms with E-state index >= 15 is 0 Å². The summed E-state index contributed by atoms with van der Waals surface area (Å²) in [5, 5.41) is 10.6. The van der Waals surface area contributed by atoms with Crippen LogP contribution in [-0.4, -0.2) is 96.7 Å². The van der Waals surface area contributed by atoms with E-state index in [1.54, 1.807) is 0 Å². The molecule has 0 saturated heterocycles. The standard InChI is InChI=1S/C77H150O17P2/c1-8-10-11-12-13-14-15-16-17-18-19-20-21-22-23-24-25-26-29-38-46-53-60-76(81)93-72(64-87-74(79)58-51-44-37-30-27-28-34-41-48-55-68(3)4)66-91-95(83,84)89-62-71(78)63-90-96(85,86)92-67-73(65-88-75(80)59-52-45-40-33-35-42-49-56-69(5)6)94-77(82)61-54-47-39-32-31-36-43-50-57-70(7)9-2/h68-73,78H,8-67H2,1-7H3,(H,83,84)(H,85,86)/t70?,71-,72-,73-/m1/s1. The topological polar surface area (TPSA) is 237 Å². The molecule has 570 valence electrons.